The Kier molecular flexibility index (Phi) is 4.81. The maximum Gasteiger partial charge on any atom is 0.317 e. The molecule has 2 amide bonds. The molecule has 1 rings (SSSR count). The molecular weight excluding hydrogens is 232 g/mol. The molecule has 0 aromatic heterocycles. The lowest BCUT2D eigenvalue weighted by Crippen LogP contribution is -2.49. The van der Waals surface area contributed by atoms with Crippen LogP contribution in [0.3, 0.4) is 0 Å². The number of piperidine rings is 1. The molecule has 1 unspecified atom stereocenters. The summed E-state index contributed by atoms with van der Waals surface area (Å²) in [7, 11) is 0. The molecule has 0 radical (unpaired) electrons. The Labute approximate surface area is 108 Å². The average Bonchev–Trinajstić information content (AvgIpc) is 2.35. The summed E-state index contributed by atoms with van der Waals surface area (Å²) in [6.07, 6.45) is 2.23. The molecule has 1 atom stereocenters. The first-order valence-electron chi connectivity index (χ1n) is 6.37. The molecule has 6 heteroatoms. The number of nitrogens with two attached hydrogens (primary N) is 1. The zero-order valence-corrected chi connectivity index (χ0v) is 11.4. The van der Waals surface area contributed by atoms with Crippen LogP contribution in [0.15, 0.2) is 5.16 Å². The summed E-state index contributed by atoms with van der Waals surface area (Å²) >= 11 is 0. The van der Waals surface area contributed by atoms with E-state index in [1.807, 2.05) is 18.7 Å². The van der Waals surface area contributed by atoms with Crippen molar-refractivity contribution in [2.75, 3.05) is 19.6 Å². The van der Waals surface area contributed by atoms with Gasteiger partial charge in [0.15, 0.2) is 0 Å². The van der Waals surface area contributed by atoms with Crippen LogP contribution in [0.1, 0.15) is 33.6 Å². The molecule has 6 nitrogen and oxygen atoms in total. The number of amides is 2. The fourth-order valence-corrected chi connectivity index (χ4v) is 2.01. The van der Waals surface area contributed by atoms with Gasteiger partial charge in [0.1, 0.15) is 5.84 Å². The third-order valence-corrected chi connectivity index (χ3v) is 3.43. The molecule has 1 aliphatic heterocycles. The molecule has 1 heterocycles. The maximum absolute atomic E-state index is 12.0. The number of carbonyl (C=O) groups is 1. The molecule has 0 spiro atoms. The number of nitrogens with zero attached hydrogens (tertiary/aromatic N) is 2. The second-order valence-corrected chi connectivity index (χ2v) is 5.72. The van der Waals surface area contributed by atoms with Crippen LogP contribution in [0.5, 0.6) is 0 Å². The van der Waals surface area contributed by atoms with Gasteiger partial charge < -0.3 is 21.2 Å². The van der Waals surface area contributed by atoms with Crippen molar-refractivity contribution in [2.45, 2.75) is 33.6 Å². The first-order valence-corrected chi connectivity index (χ1v) is 6.37. The average molecular weight is 256 g/mol. The Hall–Kier alpha value is -1.46. The van der Waals surface area contributed by atoms with Crippen molar-refractivity contribution in [3.8, 4) is 0 Å². The van der Waals surface area contributed by atoms with E-state index in [0.29, 0.717) is 12.5 Å². The van der Waals surface area contributed by atoms with Crippen molar-refractivity contribution in [2.24, 2.45) is 22.2 Å². The van der Waals surface area contributed by atoms with E-state index in [1.165, 1.54) is 6.42 Å². The van der Waals surface area contributed by atoms with Crippen LogP contribution in [-0.4, -0.2) is 41.6 Å². The highest BCUT2D eigenvalue weighted by molar-refractivity contribution is 5.86. The number of rotatable bonds is 3. The number of urea groups is 1. The number of hydrogen-bond acceptors (Lipinski definition) is 3. The lowest BCUT2D eigenvalue weighted by atomic mass is 9.92. The van der Waals surface area contributed by atoms with Gasteiger partial charge >= 0.3 is 6.03 Å². The monoisotopic (exact) mass is 256 g/mol. The van der Waals surface area contributed by atoms with Gasteiger partial charge in [-0.1, -0.05) is 25.9 Å². The molecule has 4 N–H and O–H groups in total. The Balaban J connectivity index is 2.46. The number of carbonyl (C=O) groups excluding carboxylic acids is 1. The van der Waals surface area contributed by atoms with E-state index in [4.69, 9.17) is 10.9 Å². The highest BCUT2D eigenvalue weighted by Crippen LogP contribution is 2.16. The molecule has 18 heavy (non-hydrogen) atoms. The Morgan fingerprint density at radius 2 is 2.28 bits per heavy atom. The smallest absolute Gasteiger partial charge is 0.317 e. The van der Waals surface area contributed by atoms with Crippen molar-refractivity contribution >= 4 is 11.9 Å². The summed E-state index contributed by atoms with van der Waals surface area (Å²) in [5.41, 5.74) is 5.02. The minimum Gasteiger partial charge on any atom is -0.409 e. The Morgan fingerprint density at radius 1 is 1.61 bits per heavy atom. The highest BCUT2D eigenvalue weighted by Gasteiger charge is 2.26. The number of amidine groups is 1. The van der Waals surface area contributed by atoms with Crippen molar-refractivity contribution in [3.05, 3.63) is 0 Å². The highest BCUT2D eigenvalue weighted by atomic mass is 16.4. The van der Waals surface area contributed by atoms with E-state index < -0.39 is 5.41 Å². The van der Waals surface area contributed by atoms with Crippen LogP contribution in [0.4, 0.5) is 4.79 Å². The topological polar surface area (TPSA) is 91.0 Å². The predicted octanol–water partition coefficient (Wildman–Crippen LogP) is 1.20. The van der Waals surface area contributed by atoms with Gasteiger partial charge in [-0.2, -0.15) is 0 Å². The van der Waals surface area contributed by atoms with Gasteiger partial charge in [-0.3, -0.25) is 0 Å². The Morgan fingerprint density at radius 3 is 2.83 bits per heavy atom. The molecular formula is C12H24N4O2. The first kappa shape index (κ1) is 14.6. The fourth-order valence-electron chi connectivity index (χ4n) is 2.01. The molecule has 0 aliphatic carbocycles. The SMILES string of the molecule is CC1CCCN(C(=O)NCC(C)(C)C(N)=NO)C1. The van der Waals surface area contributed by atoms with Gasteiger partial charge in [-0.05, 0) is 18.8 Å². The Bertz CT molecular complexity index is 328. The van der Waals surface area contributed by atoms with E-state index >= 15 is 0 Å². The second-order valence-electron chi connectivity index (χ2n) is 5.72. The maximum atomic E-state index is 12.0. The van der Waals surface area contributed by atoms with Crippen molar-refractivity contribution < 1.29 is 10.0 Å². The van der Waals surface area contributed by atoms with Crippen LogP contribution < -0.4 is 11.1 Å². The third kappa shape index (κ3) is 3.78. The number of oxime groups is 1. The molecule has 1 saturated heterocycles. The quantitative estimate of drug-likeness (QED) is 0.307. The van der Waals surface area contributed by atoms with Crippen LogP contribution in [0.25, 0.3) is 0 Å². The molecule has 1 aliphatic rings. The van der Waals surface area contributed by atoms with Gasteiger partial charge in [-0.25, -0.2) is 4.79 Å². The normalized spacial score (nSPS) is 21.8. The first-order chi connectivity index (χ1) is 8.36. The predicted molar refractivity (Wildman–Crippen MR) is 70.6 cm³/mol. The van der Waals surface area contributed by atoms with Gasteiger partial charge in [0.2, 0.25) is 0 Å². The minimum atomic E-state index is -0.550. The standard InChI is InChI=1S/C12H24N4O2/c1-9-5-4-6-16(7-9)11(17)14-8-12(2,3)10(13)15-18/h9,18H,4-8H2,1-3H3,(H2,13,15)(H,14,17). The van der Waals surface area contributed by atoms with Gasteiger partial charge in [0, 0.05) is 25.0 Å². The van der Waals surface area contributed by atoms with Crippen molar-refractivity contribution in [1.82, 2.24) is 10.2 Å². The summed E-state index contributed by atoms with van der Waals surface area (Å²) in [5, 5.41) is 14.5. The zero-order chi connectivity index (χ0) is 13.8. The minimum absolute atomic E-state index is 0.0691. The largest absolute Gasteiger partial charge is 0.409 e. The third-order valence-electron chi connectivity index (χ3n) is 3.43. The summed E-state index contributed by atoms with van der Waals surface area (Å²) in [6.45, 7) is 7.75. The summed E-state index contributed by atoms with van der Waals surface area (Å²) in [6, 6.07) is -0.0691. The van der Waals surface area contributed by atoms with Crippen LogP contribution in [0, 0.1) is 11.3 Å². The number of nitrogens with one attached hydrogen (secondary N) is 1. The molecule has 0 aromatic rings. The molecule has 0 saturated carbocycles. The van der Waals surface area contributed by atoms with E-state index in [-0.39, 0.29) is 11.9 Å². The lowest BCUT2D eigenvalue weighted by molar-refractivity contribution is 0.167. The van der Waals surface area contributed by atoms with E-state index in [9.17, 15) is 4.79 Å². The van der Waals surface area contributed by atoms with Crippen LogP contribution >= 0.6 is 0 Å². The van der Waals surface area contributed by atoms with Crippen molar-refractivity contribution in [1.29, 1.82) is 0 Å². The summed E-state index contributed by atoms with van der Waals surface area (Å²) in [5.74, 6) is 0.677. The molecule has 0 aromatic carbocycles. The zero-order valence-electron chi connectivity index (χ0n) is 11.4. The fraction of sp³-hybridized carbons (Fsp3) is 0.833. The van der Waals surface area contributed by atoms with E-state index in [0.717, 1.165) is 19.5 Å². The number of likely N-dealkylation sites (tertiary alicyclic amines) is 1. The van der Waals surface area contributed by atoms with E-state index in [2.05, 4.69) is 17.4 Å². The molecule has 104 valence electrons. The molecule has 1 fully saturated rings. The van der Waals surface area contributed by atoms with Gasteiger partial charge in [-0.15, -0.1) is 0 Å². The second kappa shape index (κ2) is 5.93. The van der Waals surface area contributed by atoms with Crippen LogP contribution in [0.2, 0.25) is 0 Å². The summed E-state index contributed by atoms with van der Waals surface area (Å²) < 4.78 is 0. The number of hydrogen-bond donors (Lipinski definition) is 3. The van der Waals surface area contributed by atoms with Crippen LogP contribution in [-0.2, 0) is 0 Å². The van der Waals surface area contributed by atoms with Crippen molar-refractivity contribution in [3.63, 3.8) is 0 Å². The lowest BCUT2D eigenvalue weighted by Gasteiger charge is -2.32. The molecule has 0 bridgehead atoms. The van der Waals surface area contributed by atoms with Gasteiger partial charge in [0.25, 0.3) is 0 Å². The van der Waals surface area contributed by atoms with E-state index in [1.54, 1.807) is 0 Å². The summed E-state index contributed by atoms with van der Waals surface area (Å²) in [4.78, 5) is 13.8. The van der Waals surface area contributed by atoms with Gasteiger partial charge in [0.05, 0.1) is 0 Å².